The standard InChI is InChI=1S/C21H17ClFN3O2S/c1-12-6-7-18(16(22)8-12)25-20(28)11-29-21-15(10-24)14(9-19(27)26-21)13-4-2-3-5-17(13)23/h2-8,14H,9,11H2,1H3,(H,25,28)(H,26,27)/t14-/m0/s1. The van der Waals surface area contributed by atoms with Gasteiger partial charge in [-0.25, -0.2) is 4.39 Å². The molecule has 8 heteroatoms. The van der Waals surface area contributed by atoms with Crippen LogP contribution in [0.3, 0.4) is 0 Å². The molecule has 0 aliphatic carbocycles. The molecule has 0 spiro atoms. The molecule has 5 nitrogen and oxygen atoms in total. The Balaban J connectivity index is 1.77. The van der Waals surface area contributed by atoms with Crippen molar-refractivity contribution in [2.24, 2.45) is 0 Å². The molecule has 29 heavy (non-hydrogen) atoms. The molecule has 2 aromatic rings. The lowest BCUT2D eigenvalue weighted by atomic mass is 9.87. The number of halogens is 2. The summed E-state index contributed by atoms with van der Waals surface area (Å²) in [5.41, 5.74) is 1.97. The maximum atomic E-state index is 14.2. The van der Waals surface area contributed by atoms with Crippen LogP contribution in [0.15, 0.2) is 53.1 Å². The molecule has 0 saturated heterocycles. The Kier molecular flexibility index (Phi) is 6.57. The van der Waals surface area contributed by atoms with Crippen molar-refractivity contribution in [3.63, 3.8) is 0 Å². The van der Waals surface area contributed by atoms with Crippen molar-refractivity contribution >= 4 is 40.9 Å². The highest BCUT2D eigenvalue weighted by Crippen LogP contribution is 2.37. The van der Waals surface area contributed by atoms with E-state index < -0.39 is 11.7 Å². The first-order valence-corrected chi connectivity index (χ1v) is 10.1. The van der Waals surface area contributed by atoms with E-state index in [4.69, 9.17) is 11.6 Å². The number of allylic oxidation sites excluding steroid dienone is 1. The summed E-state index contributed by atoms with van der Waals surface area (Å²) in [5, 5.41) is 15.6. The molecule has 1 heterocycles. The highest BCUT2D eigenvalue weighted by molar-refractivity contribution is 8.03. The van der Waals surface area contributed by atoms with Gasteiger partial charge in [-0.15, -0.1) is 0 Å². The second-order valence-corrected chi connectivity index (χ2v) is 7.89. The lowest BCUT2D eigenvalue weighted by Gasteiger charge is -2.25. The Labute approximate surface area is 176 Å². The topological polar surface area (TPSA) is 82.0 Å². The summed E-state index contributed by atoms with van der Waals surface area (Å²) < 4.78 is 14.2. The van der Waals surface area contributed by atoms with E-state index in [0.717, 1.165) is 17.3 Å². The summed E-state index contributed by atoms with van der Waals surface area (Å²) in [4.78, 5) is 24.4. The van der Waals surface area contributed by atoms with Crippen LogP contribution in [0.2, 0.25) is 5.02 Å². The molecule has 1 atom stereocenters. The Hall–Kier alpha value is -2.82. The fourth-order valence-electron chi connectivity index (χ4n) is 3.00. The van der Waals surface area contributed by atoms with Crippen LogP contribution in [0.25, 0.3) is 0 Å². The van der Waals surface area contributed by atoms with Crippen LogP contribution >= 0.6 is 23.4 Å². The molecule has 3 rings (SSSR count). The molecule has 0 bridgehead atoms. The van der Waals surface area contributed by atoms with Gasteiger partial charge in [0.05, 0.1) is 33.1 Å². The van der Waals surface area contributed by atoms with E-state index in [1.165, 1.54) is 6.07 Å². The van der Waals surface area contributed by atoms with Crippen molar-refractivity contribution in [3.05, 3.63) is 75.0 Å². The van der Waals surface area contributed by atoms with Gasteiger partial charge in [-0.3, -0.25) is 9.59 Å². The molecule has 0 fully saturated rings. The monoisotopic (exact) mass is 429 g/mol. The molecule has 1 aliphatic heterocycles. The Bertz CT molecular complexity index is 1050. The van der Waals surface area contributed by atoms with Gasteiger partial charge in [-0.05, 0) is 36.2 Å². The number of hydrogen-bond acceptors (Lipinski definition) is 4. The smallest absolute Gasteiger partial charge is 0.234 e. The number of nitrogens with one attached hydrogen (secondary N) is 2. The summed E-state index contributed by atoms with van der Waals surface area (Å²) >= 11 is 7.14. The summed E-state index contributed by atoms with van der Waals surface area (Å²) in [6.07, 6.45) is -0.0287. The van der Waals surface area contributed by atoms with Crippen LogP contribution in [0, 0.1) is 24.1 Å². The van der Waals surface area contributed by atoms with E-state index in [1.807, 2.05) is 13.0 Å². The number of nitriles is 1. The average Bonchev–Trinajstić information content (AvgIpc) is 2.68. The highest BCUT2D eigenvalue weighted by atomic mass is 35.5. The van der Waals surface area contributed by atoms with Crippen LogP contribution in [0.1, 0.15) is 23.5 Å². The van der Waals surface area contributed by atoms with E-state index >= 15 is 0 Å². The molecule has 0 radical (unpaired) electrons. The van der Waals surface area contributed by atoms with Crippen LogP contribution in [0.4, 0.5) is 10.1 Å². The molecular formula is C21H17ClFN3O2S. The van der Waals surface area contributed by atoms with E-state index in [1.54, 1.807) is 30.3 Å². The minimum absolute atomic E-state index is 0.0287. The lowest BCUT2D eigenvalue weighted by molar-refractivity contribution is -0.121. The molecule has 2 amide bonds. The van der Waals surface area contributed by atoms with Crippen molar-refractivity contribution in [2.75, 3.05) is 11.1 Å². The van der Waals surface area contributed by atoms with E-state index in [-0.39, 0.29) is 40.2 Å². The van der Waals surface area contributed by atoms with E-state index in [0.29, 0.717) is 10.7 Å². The average molecular weight is 430 g/mol. The number of hydrogen-bond donors (Lipinski definition) is 2. The van der Waals surface area contributed by atoms with Gasteiger partial charge >= 0.3 is 0 Å². The van der Waals surface area contributed by atoms with Gasteiger partial charge in [0.2, 0.25) is 11.8 Å². The summed E-state index contributed by atoms with van der Waals surface area (Å²) in [5.74, 6) is -1.88. The van der Waals surface area contributed by atoms with Gasteiger partial charge in [0.25, 0.3) is 0 Å². The van der Waals surface area contributed by atoms with Crippen LogP contribution < -0.4 is 10.6 Å². The first-order valence-electron chi connectivity index (χ1n) is 8.76. The van der Waals surface area contributed by atoms with Gasteiger partial charge in [0, 0.05) is 12.3 Å². The molecule has 2 N–H and O–H groups in total. The van der Waals surface area contributed by atoms with Gasteiger partial charge < -0.3 is 10.6 Å². The predicted octanol–water partition coefficient (Wildman–Crippen LogP) is 4.50. The normalized spacial score (nSPS) is 16.2. The van der Waals surface area contributed by atoms with Crippen LogP contribution in [-0.4, -0.2) is 17.6 Å². The maximum absolute atomic E-state index is 14.2. The van der Waals surface area contributed by atoms with Crippen molar-refractivity contribution in [1.82, 2.24) is 5.32 Å². The Morgan fingerprint density at radius 2 is 2.14 bits per heavy atom. The highest BCUT2D eigenvalue weighted by Gasteiger charge is 2.31. The summed E-state index contributed by atoms with van der Waals surface area (Å²) in [6.45, 7) is 1.89. The fraction of sp³-hybridized carbons (Fsp3) is 0.190. The quantitative estimate of drug-likeness (QED) is 0.733. The van der Waals surface area contributed by atoms with Crippen molar-refractivity contribution in [1.29, 1.82) is 5.26 Å². The predicted molar refractivity (Wildman–Crippen MR) is 112 cm³/mol. The second-order valence-electron chi connectivity index (χ2n) is 6.50. The largest absolute Gasteiger partial charge is 0.324 e. The zero-order chi connectivity index (χ0) is 21.0. The first-order chi connectivity index (χ1) is 13.9. The summed E-state index contributed by atoms with van der Waals surface area (Å²) in [7, 11) is 0. The Morgan fingerprint density at radius 3 is 2.83 bits per heavy atom. The van der Waals surface area contributed by atoms with E-state index in [2.05, 4.69) is 16.7 Å². The molecule has 0 unspecified atom stereocenters. The number of benzene rings is 2. The molecule has 0 saturated carbocycles. The maximum Gasteiger partial charge on any atom is 0.234 e. The van der Waals surface area contributed by atoms with Crippen LogP contribution in [-0.2, 0) is 9.59 Å². The molecule has 1 aliphatic rings. The van der Waals surface area contributed by atoms with Gasteiger partial charge in [-0.2, -0.15) is 5.26 Å². The fourth-order valence-corrected chi connectivity index (χ4v) is 4.16. The molecule has 2 aromatic carbocycles. The van der Waals surface area contributed by atoms with Crippen molar-refractivity contribution < 1.29 is 14.0 Å². The number of thioether (sulfide) groups is 1. The number of rotatable bonds is 5. The van der Waals surface area contributed by atoms with E-state index in [9.17, 15) is 19.2 Å². The third kappa shape index (κ3) is 4.97. The number of aryl methyl sites for hydroxylation is 1. The number of nitrogens with zero attached hydrogens (tertiary/aromatic N) is 1. The van der Waals surface area contributed by atoms with Crippen LogP contribution in [0.5, 0.6) is 0 Å². The molecular weight excluding hydrogens is 413 g/mol. The van der Waals surface area contributed by atoms with Gasteiger partial charge in [0.15, 0.2) is 0 Å². The number of anilines is 1. The SMILES string of the molecule is Cc1ccc(NC(=O)CSC2=C(C#N)[C@H](c3ccccc3F)CC(=O)N2)c(Cl)c1. The van der Waals surface area contributed by atoms with Crippen molar-refractivity contribution in [2.45, 2.75) is 19.3 Å². The number of carbonyl (C=O) groups excluding carboxylic acids is 2. The number of amides is 2. The lowest BCUT2D eigenvalue weighted by Crippen LogP contribution is -2.31. The zero-order valence-electron chi connectivity index (χ0n) is 15.5. The minimum Gasteiger partial charge on any atom is -0.324 e. The zero-order valence-corrected chi connectivity index (χ0v) is 17.0. The molecule has 148 valence electrons. The third-order valence-corrected chi connectivity index (χ3v) is 5.71. The number of carbonyl (C=O) groups is 2. The molecule has 0 aromatic heterocycles. The van der Waals surface area contributed by atoms with Crippen molar-refractivity contribution in [3.8, 4) is 6.07 Å². The third-order valence-electron chi connectivity index (χ3n) is 4.38. The minimum atomic E-state index is -0.688. The Morgan fingerprint density at radius 1 is 1.38 bits per heavy atom. The first kappa shape index (κ1) is 20.9. The van der Waals surface area contributed by atoms with Gasteiger partial charge in [-0.1, -0.05) is 47.6 Å². The second kappa shape index (κ2) is 9.12. The summed E-state index contributed by atoms with van der Waals surface area (Å²) in [6, 6.07) is 13.4. The van der Waals surface area contributed by atoms with Gasteiger partial charge in [0.1, 0.15) is 5.82 Å².